The fourth-order valence-electron chi connectivity index (χ4n) is 3.37. The van der Waals surface area contributed by atoms with Crippen molar-refractivity contribution in [2.24, 2.45) is 5.92 Å². The van der Waals surface area contributed by atoms with Crippen LogP contribution in [0.4, 0.5) is 0 Å². The fourth-order valence-corrected chi connectivity index (χ4v) is 4.11. The van der Waals surface area contributed by atoms with E-state index in [9.17, 15) is 9.59 Å². The lowest BCUT2D eigenvalue weighted by Crippen LogP contribution is -2.42. The summed E-state index contributed by atoms with van der Waals surface area (Å²) in [7, 11) is 0. The highest BCUT2D eigenvalue weighted by Crippen LogP contribution is 2.24. The highest BCUT2D eigenvalue weighted by atomic mass is 32.1. The number of aryl methyl sites for hydroxylation is 1. The molecule has 0 spiro atoms. The fraction of sp³-hybridized carbons (Fsp3) is 0.333. The van der Waals surface area contributed by atoms with E-state index in [0.29, 0.717) is 18.7 Å². The van der Waals surface area contributed by atoms with Crippen molar-refractivity contribution < 1.29 is 9.59 Å². The molecule has 1 atom stereocenters. The standard InChI is InChI=1S/C18H18N4O2S/c1-12-14(10-19-16-6-7-20-22(12)16)18(24)21-8-2-4-13(11-21)17(23)15-5-3-9-25-15/h3,5-7,9-10,13H,2,4,8,11H2,1H3/t13-/m0/s1. The second-order valence-corrected chi connectivity index (χ2v) is 7.24. The molecule has 0 aromatic carbocycles. The van der Waals surface area contributed by atoms with E-state index in [1.807, 2.05) is 24.4 Å². The van der Waals surface area contributed by atoms with Crippen LogP contribution in [0.1, 0.15) is 38.6 Å². The monoisotopic (exact) mass is 354 g/mol. The van der Waals surface area contributed by atoms with E-state index in [4.69, 9.17) is 0 Å². The number of amides is 1. The first-order valence-electron chi connectivity index (χ1n) is 8.31. The third kappa shape index (κ3) is 2.84. The molecule has 25 heavy (non-hydrogen) atoms. The second kappa shape index (κ2) is 6.40. The maximum Gasteiger partial charge on any atom is 0.257 e. The number of likely N-dealkylation sites (tertiary alicyclic amines) is 1. The Morgan fingerprint density at radius 1 is 1.32 bits per heavy atom. The Morgan fingerprint density at radius 3 is 3.00 bits per heavy atom. The van der Waals surface area contributed by atoms with Crippen LogP contribution in [0, 0.1) is 12.8 Å². The number of carbonyl (C=O) groups is 2. The maximum absolute atomic E-state index is 13.0. The first-order chi connectivity index (χ1) is 12.1. The Bertz CT molecular complexity index is 932. The van der Waals surface area contributed by atoms with Gasteiger partial charge in [0.2, 0.25) is 0 Å². The zero-order valence-electron chi connectivity index (χ0n) is 13.9. The Hall–Kier alpha value is -2.54. The predicted octanol–water partition coefficient (Wildman–Crippen LogP) is 2.83. The van der Waals surface area contributed by atoms with Crippen molar-refractivity contribution >= 4 is 28.7 Å². The Kier molecular flexibility index (Phi) is 4.09. The molecule has 0 N–H and O–H groups in total. The minimum Gasteiger partial charge on any atom is -0.338 e. The van der Waals surface area contributed by atoms with Gasteiger partial charge < -0.3 is 4.90 Å². The van der Waals surface area contributed by atoms with Gasteiger partial charge in [0.15, 0.2) is 11.4 Å². The van der Waals surface area contributed by atoms with Crippen LogP contribution in [0.25, 0.3) is 5.65 Å². The predicted molar refractivity (Wildman–Crippen MR) is 95.0 cm³/mol. The summed E-state index contributed by atoms with van der Waals surface area (Å²) in [5, 5.41) is 6.12. The first-order valence-corrected chi connectivity index (χ1v) is 9.19. The molecule has 0 aliphatic carbocycles. The van der Waals surface area contributed by atoms with Crippen LogP contribution >= 0.6 is 11.3 Å². The van der Waals surface area contributed by atoms with Gasteiger partial charge in [-0.25, -0.2) is 9.50 Å². The lowest BCUT2D eigenvalue weighted by molar-refractivity contribution is 0.0636. The first kappa shape index (κ1) is 16.0. The number of rotatable bonds is 3. The van der Waals surface area contributed by atoms with Gasteiger partial charge in [-0.1, -0.05) is 6.07 Å². The molecule has 1 fully saturated rings. The largest absolute Gasteiger partial charge is 0.338 e. The molecule has 128 valence electrons. The summed E-state index contributed by atoms with van der Waals surface area (Å²) in [4.78, 5) is 32.4. The molecule has 4 rings (SSSR count). The molecule has 3 aromatic rings. The van der Waals surface area contributed by atoms with Crippen LogP contribution in [0.3, 0.4) is 0 Å². The molecule has 1 amide bonds. The number of nitrogens with zero attached hydrogens (tertiary/aromatic N) is 4. The van der Waals surface area contributed by atoms with Gasteiger partial charge in [-0.15, -0.1) is 11.3 Å². The summed E-state index contributed by atoms with van der Waals surface area (Å²) in [6.45, 7) is 3.00. The quantitative estimate of drug-likeness (QED) is 0.678. The number of carbonyl (C=O) groups excluding carboxylic acids is 2. The van der Waals surface area contributed by atoms with E-state index in [0.717, 1.165) is 29.1 Å². The van der Waals surface area contributed by atoms with E-state index in [1.54, 1.807) is 27.9 Å². The summed E-state index contributed by atoms with van der Waals surface area (Å²) in [5.41, 5.74) is 2.03. The molecule has 1 aliphatic heterocycles. The third-order valence-electron chi connectivity index (χ3n) is 4.73. The summed E-state index contributed by atoms with van der Waals surface area (Å²) >= 11 is 1.46. The van der Waals surface area contributed by atoms with E-state index in [-0.39, 0.29) is 17.6 Å². The summed E-state index contributed by atoms with van der Waals surface area (Å²) in [6.07, 6.45) is 4.94. The Balaban J connectivity index is 1.57. The summed E-state index contributed by atoms with van der Waals surface area (Å²) in [6, 6.07) is 5.54. The van der Waals surface area contributed by atoms with Crippen LogP contribution in [0.15, 0.2) is 36.0 Å². The molecule has 0 unspecified atom stereocenters. The van der Waals surface area contributed by atoms with Gasteiger partial charge in [-0.3, -0.25) is 9.59 Å². The van der Waals surface area contributed by atoms with Crippen molar-refractivity contribution in [1.82, 2.24) is 19.5 Å². The average molecular weight is 354 g/mol. The van der Waals surface area contributed by atoms with Crippen LogP contribution in [0.2, 0.25) is 0 Å². The van der Waals surface area contributed by atoms with Crippen LogP contribution in [0.5, 0.6) is 0 Å². The van der Waals surface area contributed by atoms with Crippen molar-refractivity contribution in [2.45, 2.75) is 19.8 Å². The van der Waals surface area contributed by atoms with Crippen molar-refractivity contribution in [3.05, 3.63) is 52.1 Å². The number of hydrogen-bond donors (Lipinski definition) is 0. The smallest absolute Gasteiger partial charge is 0.257 e. The minimum atomic E-state index is -0.127. The van der Waals surface area contributed by atoms with E-state index in [2.05, 4.69) is 10.1 Å². The molecule has 1 aliphatic rings. The summed E-state index contributed by atoms with van der Waals surface area (Å²) in [5.74, 6) is -0.0611. The lowest BCUT2D eigenvalue weighted by Gasteiger charge is -2.32. The van der Waals surface area contributed by atoms with Crippen LogP contribution in [-0.4, -0.2) is 44.3 Å². The number of piperidine rings is 1. The SMILES string of the molecule is Cc1c(C(=O)N2CCC[C@H](C(=O)c3cccs3)C2)cnc2ccnn12. The van der Waals surface area contributed by atoms with Gasteiger partial charge in [-0.05, 0) is 31.2 Å². The number of ketones is 1. The van der Waals surface area contributed by atoms with Crippen molar-refractivity contribution in [2.75, 3.05) is 13.1 Å². The van der Waals surface area contributed by atoms with E-state index >= 15 is 0 Å². The van der Waals surface area contributed by atoms with Gasteiger partial charge in [-0.2, -0.15) is 5.10 Å². The zero-order chi connectivity index (χ0) is 17.4. The molecule has 0 radical (unpaired) electrons. The Morgan fingerprint density at radius 2 is 2.20 bits per heavy atom. The van der Waals surface area contributed by atoms with Gasteiger partial charge in [0.25, 0.3) is 5.91 Å². The van der Waals surface area contributed by atoms with Gasteiger partial charge >= 0.3 is 0 Å². The van der Waals surface area contributed by atoms with Crippen molar-refractivity contribution in [3.63, 3.8) is 0 Å². The number of aromatic nitrogens is 3. The Labute approximate surface area is 149 Å². The lowest BCUT2D eigenvalue weighted by atomic mass is 9.92. The van der Waals surface area contributed by atoms with Crippen molar-refractivity contribution in [1.29, 1.82) is 0 Å². The van der Waals surface area contributed by atoms with E-state index in [1.165, 1.54) is 11.3 Å². The van der Waals surface area contributed by atoms with E-state index < -0.39 is 0 Å². The maximum atomic E-state index is 13.0. The average Bonchev–Trinajstić information content (AvgIpc) is 3.33. The topological polar surface area (TPSA) is 67.6 Å². The molecule has 3 aromatic heterocycles. The number of hydrogen-bond acceptors (Lipinski definition) is 5. The zero-order valence-corrected chi connectivity index (χ0v) is 14.7. The highest BCUT2D eigenvalue weighted by Gasteiger charge is 2.30. The van der Waals surface area contributed by atoms with Crippen molar-refractivity contribution in [3.8, 4) is 0 Å². The highest BCUT2D eigenvalue weighted by molar-refractivity contribution is 7.12. The molecule has 7 heteroatoms. The van der Waals surface area contributed by atoms with Crippen LogP contribution < -0.4 is 0 Å². The van der Waals surface area contributed by atoms with Gasteiger partial charge in [0.1, 0.15) is 0 Å². The third-order valence-corrected chi connectivity index (χ3v) is 5.61. The summed E-state index contributed by atoms with van der Waals surface area (Å²) < 4.78 is 1.67. The minimum absolute atomic E-state index is 0.0777. The number of Topliss-reactive ketones (excluding diaryl/α,β-unsaturated/α-hetero) is 1. The van der Waals surface area contributed by atoms with Gasteiger partial charge in [0, 0.05) is 31.3 Å². The normalized spacial score (nSPS) is 17.8. The molecular weight excluding hydrogens is 336 g/mol. The number of thiophene rings is 1. The molecule has 0 bridgehead atoms. The second-order valence-electron chi connectivity index (χ2n) is 6.29. The molecule has 4 heterocycles. The van der Waals surface area contributed by atoms with Gasteiger partial charge in [0.05, 0.1) is 22.3 Å². The molecule has 6 nitrogen and oxygen atoms in total. The number of fused-ring (bicyclic) bond motifs is 1. The van der Waals surface area contributed by atoms with Crippen LogP contribution in [-0.2, 0) is 0 Å². The molecule has 1 saturated heterocycles. The molecular formula is C18H18N4O2S. The molecule has 0 saturated carbocycles.